The molecule has 0 radical (unpaired) electrons. The van der Waals surface area contributed by atoms with Crippen molar-refractivity contribution in [1.82, 2.24) is 4.31 Å². The summed E-state index contributed by atoms with van der Waals surface area (Å²) >= 11 is 0. The molecule has 0 bridgehead atoms. The van der Waals surface area contributed by atoms with Gasteiger partial charge in [0.2, 0.25) is 10.0 Å². The summed E-state index contributed by atoms with van der Waals surface area (Å²) in [5, 5.41) is 0. The lowest BCUT2D eigenvalue weighted by Crippen LogP contribution is -2.27. The molecule has 1 aliphatic heterocycles. The van der Waals surface area contributed by atoms with E-state index < -0.39 is 20.0 Å². The van der Waals surface area contributed by atoms with E-state index in [9.17, 15) is 16.8 Å². The Balaban J connectivity index is 1.86. The van der Waals surface area contributed by atoms with E-state index in [0.717, 1.165) is 24.8 Å². The van der Waals surface area contributed by atoms with Crippen LogP contribution in [0.1, 0.15) is 44.6 Å². The average molecular weight is 423 g/mol. The Bertz CT molecular complexity index is 1030. The van der Waals surface area contributed by atoms with E-state index in [2.05, 4.69) is 11.6 Å². The van der Waals surface area contributed by atoms with E-state index in [1.807, 2.05) is 19.1 Å². The van der Waals surface area contributed by atoms with Crippen LogP contribution in [0.4, 0.5) is 5.69 Å². The van der Waals surface area contributed by atoms with Gasteiger partial charge in [-0.25, -0.2) is 16.8 Å². The molecule has 2 aromatic rings. The highest BCUT2D eigenvalue weighted by Gasteiger charge is 2.27. The van der Waals surface area contributed by atoms with Crippen molar-refractivity contribution in [3.05, 3.63) is 54.1 Å². The molecule has 1 heterocycles. The normalized spacial score (nSPS) is 16.8. The summed E-state index contributed by atoms with van der Waals surface area (Å²) in [6.45, 7) is 5.12. The maximum Gasteiger partial charge on any atom is 0.261 e. The zero-order valence-corrected chi connectivity index (χ0v) is 17.8. The first-order chi connectivity index (χ1) is 13.3. The molecule has 0 aliphatic carbocycles. The van der Waals surface area contributed by atoms with Crippen LogP contribution < -0.4 is 4.72 Å². The Labute approximate surface area is 167 Å². The fourth-order valence-electron chi connectivity index (χ4n) is 3.31. The summed E-state index contributed by atoms with van der Waals surface area (Å²) in [7, 11) is -7.38. The molecule has 0 unspecified atom stereocenters. The monoisotopic (exact) mass is 422 g/mol. The van der Waals surface area contributed by atoms with Crippen LogP contribution in [0, 0.1) is 0 Å². The van der Waals surface area contributed by atoms with Crippen LogP contribution in [0.25, 0.3) is 0 Å². The van der Waals surface area contributed by atoms with Crippen LogP contribution in [-0.4, -0.2) is 34.2 Å². The molecule has 0 spiro atoms. The highest BCUT2D eigenvalue weighted by molar-refractivity contribution is 7.92. The number of sulfonamides is 2. The number of nitrogens with one attached hydrogen (secondary N) is 1. The van der Waals surface area contributed by atoms with Crippen LogP contribution in [-0.2, 0) is 20.0 Å². The van der Waals surface area contributed by atoms with Gasteiger partial charge in [-0.15, -0.1) is 0 Å². The number of benzene rings is 2. The molecule has 2 aromatic carbocycles. The first-order valence-corrected chi connectivity index (χ1v) is 12.4. The number of hydrogen-bond acceptors (Lipinski definition) is 4. The molecule has 8 heteroatoms. The molecule has 1 N–H and O–H groups in total. The summed E-state index contributed by atoms with van der Waals surface area (Å²) in [4.78, 5) is 0.153. The van der Waals surface area contributed by atoms with Gasteiger partial charge in [-0.05, 0) is 61.1 Å². The third-order valence-electron chi connectivity index (χ3n) is 5.19. The highest BCUT2D eigenvalue weighted by atomic mass is 32.2. The topological polar surface area (TPSA) is 83.5 Å². The van der Waals surface area contributed by atoms with Crippen LogP contribution >= 0.6 is 0 Å². The van der Waals surface area contributed by atoms with Crippen LogP contribution in [0.2, 0.25) is 0 Å². The number of nitrogens with zero attached hydrogens (tertiary/aromatic N) is 1. The van der Waals surface area contributed by atoms with Crippen LogP contribution in [0.5, 0.6) is 0 Å². The fraction of sp³-hybridized carbons (Fsp3) is 0.400. The van der Waals surface area contributed by atoms with E-state index in [-0.39, 0.29) is 15.7 Å². The van der Waals surface area contributed by atoms with Crippen molar-refractivity contribution in [2.45, 2.75) is 48.8 Å². The number of anilines is 1. The van der Waals surface area contributed by atoms with Crippen molar-refractivity contribution in [3.8, 4) is 0 Å². The molecule has 1 aliphatic rings. The molecule has 3 rings (SSSR count). The van der Waals surface area contributed by atoms with Gasteiger partial charge in [0.05, 0.1) is 15.5 Å². The highest BCUT2D eigenvalue weighted by Crippen LogP contribution is 2.29. The SMILES string of the molecule is CC[C@H](C)c1ccccc1NS(=O)(=O)c1ccc(S(=O)(=O)N2CCCC2)cc1. The molecule has 28 heavy (non-hydrogen) atoms. The molecular formula is C20H26N2O4S2. The van der Waals surface area contributed by atoms with Crippen molar-refractivity contribution in [3.63, 3.8) is 0 Å². The maximum absolute atomic E-state index is 12.8. The molecule has 0 amide bonds. The smallest absolute Gasteiger partial charge is 0.261 e. The lowest BCUT2D eigenvalue weighted by molar-refractivity contribution is 0.477. The van der Waals surface area contributed by atoms with Gasteiger partial charge in [0, 0.05) is 13.1 Å². The van der Waals surface area contributed by atoms with E-state index >= 15 is 0 Å². The van der Waals surface area contributed by atoms with Crippen molar-refractivity contribution in [1.29, 1.82) is 0 Å². The fourth-order valence-corrected chi connectivity index (χ4v) is 5.92. The first-order valence-electron chi connectivity index (χ1n) is 9.47. The molecule has 1 atom stereocenters. The summed E-state index contributed by atoms with van der Waals surface area (Å²) in [5.41, 5.74) is 1.48. The van der Waals surface area contributed by atoms with Gasteiger partial charge < -0.3 is 0 Å². The Morgan fingerprint density at radius 1 is 0.929 bits per heavy atom. The van der Waals surface area contributed by atoms with Gasteiger partial charge in [-0.3, -0.25) is 4.72 Å². The molecule has 0 saturated carbocycles. The standard InChI is InChI=1S/C20H26N2O4S2/c1-3-16(2)19-8-4-5-9-20(19)21-27(23,24)17-10-12-18(13-11-17)28(25,26)22-14-6-7-15-22/h4-5,8-13,16,21H,3,6-7,14-15H2,1-2H3/t16-/m0/s1. The summed E-state index contributed by atoms with van der Waals surface area (Å²) in [6.07, 6.45) is 2.60. The minimum absolute atomic E-state index is 0.0341. The van der Waals surface area contributed by atoms with Gasteiger partial charge >= 0.3 is 0 Å². The second-order valence-electron chi connectivity index (χ2n) is 7.08. The third kappa shape index (κ3) is 4.24. The average Bonchev–Trinajstić information content (AvgIpc) is 3.23. The molecule has 1 saturated heterocycles. The minimum atomic E-state index is -3.82. The zero-order chi connectivity index (χ0) is 20.4. The second kappa shape index (κ2) is 8.23. The van der Waals surface area contributed by atoms with Crippen molar-refractivity contribution in [2.75, 3.05) is 17.8 Å². The largest absolute Gasteiger partial charge is 0.279 e. The Morgan fingerprint density at radius 2 is 1.50 bits per heavy atom. The molecule has 1 fully saturated rings. The lowest BCUT2D eigenvalue weighted by atomic mass is 9.97. The van der Waals surface area contributed by atoms with Gasteiger partial charge in [0.25, 0.3) is 10.0 Å². The lowest BCUT2D eigenvalue weighted by Gasteiger charge is -2.17. The molecular weight excluding hydrogens is 396 g/mol. The number of rotatable bonds is 7. The predicted molar refractivity (Wildman–Crippen MR) is 110 cm³/mol. The maximum atomic E-state index is 12.8. The van der Waals surface area contributed by atoms with Crippen molar-refractivity contribution in [2.24, 2.45) is 0 Å². The van der Waals surface area contributed by atoms with E-state index in [1.165, 1.54) is 28.6 Å². The van der Waals surface area contributed by atoms with Gasteiger partial charge in [-0.1, -0.05) is 32.0 Å². The van der Waals surface area contributed by atoms with E-state index in [0.29, 0.717) is 18.8 Å². The van der Waals surface area contributed by atoms with Crippen LogP contribution in [0.15, 0.2) is 58.3 Å². The molecule has 152 valence electrons. The molecule has 0 aromatic heterocycles. The number of hydrogen-bond donors (Lipinski definition) is 1. The van der Waals surface area contributed by atoms with E-state index in [4.69, 9.17) is 0 Å². The summed E-state index contributed by atoms with van der Waals surface area (Å²) in [6, 6.07) is 12.7. The van der Waals surface area contributed by atoms with Gasteiger partial charge in [0.1, 0.15) is 0 Å². The zero-order valence-electron chi connectivity index (χ0n) is 16.1. The Kier molecular flexibility index (Phi) is 6.12. The predicted octanol–water partition coefficient (Wildman–Crippen LogP) is 3.79. The quantitative estimate of drug-likeness (QED) is 0.736. The van der Waals surface area contributed by atoms with E-state index in [1.54, 1.807) is 12.1 Å². The Hall–Kier alpha value is -1.90. The Morgan fingerprint density at radius 3 is 2.11 bits per heavy atom. The summed E-state index contributed by atoms with van der Waals surface area (Å²) in [5.74, 6) is 0.215. The second-order valence-corrected chi connectivity index (χ2v) is 10.7. The molecule has 6 nitrogen and oxygen atoms in total. The van der Waals surface area contributed by atoms with Crippen molar-refractivity contribution < 1.29 is 16.8 Å². The number of para-hydroxylation sites is 1. The third-order valence-corrected chi connectivity index (χ3v) is 8.48. The van der Waals surface area contributed by atoms with Gasteiger partial charge in [0.15, 0.2) is 0 Å². The van der Waals surface area contributed by atoms with Crippen molar-refractivity contribution >= 4 is 25.7 Å². The minimum Gasteiger partial charge on any atom is -0.279 e. The summed E-state index contributed by atoms with van der Waals surface area (Å²) < 4.78 is 54.9. The van der Waals surface area contributed by atoms with Crippen LogP contribution in [0.3, 0.4) is 0 Å². The first kappa shape index (κ1) is 20.8. The van der Waals surface area contributed by atoms with Gasteiger partial charge in [-0.2, -0.15) is 4.31 Å².